The fourth-order valence-corrected chi connectivity index (χ4v) is 1.38. The molecule has 0 fully saturated rings. The average Bonchev–Trinajstić information content (AvgIpc) is 2.21. The first-order chi connectivity index (χ1) is 7.95. The number of ether oxygens (including phenoxy) is 1. The van der Waals surface area contributed by atoms with Gasteiger partial charge in [-0.05, 0) is 6.92 Å². The fraction of sp³-hybridized carbons (Fsp3) is 0.400. The molecule has 1 heterocycles. The van der Waals surface area contributed by atoms with Gasteiger partial charge in [0.05, 0.1) is 13.0 Å². The second kappa shape index (κ2) is 5.42. The van der Waals surface area contributed by atoms with E-state index in [4.69, 9.17) is 5.73 Å². The second-order valence-corrected chi connectivity index (χ2v) is 3.26. The lowest BCUT2D eigenvalue weighted by molar-refractivity contribution is -0.142. The predicted octanol–water partition coefficient (Wildman–Crippen LogP) is 1.00. The Balaban J connectivity index is 3.12. The molecule has 0 aliphatic carbocycles. The largest absolute Gasteiger partial charge is 0.466 e. The van der Waals surface area contributed by atoms with Crippen LogP contribution in [0.4, 0.5) is 14.6 Å². The number of anilines is 1. The van der Waals surface area contributed by atoms with E-state index in [1.807, 2.05) is 0 Å². The van der Waals surface area contributed by atoms with Gasteiger partial charge in [0.2, 0.25) is 5.56 Å². The molecular weight excluding hydrogens is 234 g/mol. The van der Waals surface area contributed by atoms with Crippen LogP contribution in [0.25, 0.3) is 0 Å². The van der Waals surface area contributed by atoms with E-state index >= 15 is 0 Å². The number of carbonyl (C=O) groups is 1. The smallest absolute Gasteiger partial charge is 0.310 e. The van der Waals surface area contributed by atoms with Crippen molar-refractivity contribution in [3.63, 3.8) is 0 Å². The molecule has 0 amide bonds. The Hall–Kier alpha value is -1.92. The highest BCUT2D eigenvalue weighted by Gasteiger charge is 2.19. The molecule has 17 heavy (non-hydrogen) atoms. The van der Waals surface area contributed by atoms with Crippen molar-refractivity contribution in [1.29, 1.82) is 0 Å². The molecule has 0 aliphatic rings. The number of rotatable bonds is 4. The number of pyridine rings is 1. The molecule has 0 saturated carbocycles. The van der Waals surface area contributed by atoms with Crippen LogP contribution in [0, 0.1) is 0 Å². The number of nitrogen functional groups attached to an aromatic ring is 1. The molecule has 0 bridgehead atoms. The van der Waals surface area contributed by atoms with Gasteiger partial charge in [-0.2, -0.15) is 0 Å². The van der Waals surface area contributed by atoms with E-state index in [2.05, 4.69) is 9.72 Å². The third-order valence-corrected chi connectivity index (χ3v) is 2.08. The van der Waals surface area contributed by atoms with Gasteiger partial charge < -0.3 is 15.5 Å². The number of alkyl halides is 2. The molecule has 0 spiro atoms. The molecule has 0 aliphatic heterocycles. The Morgan fingerprint density at radius 1 is 1.59 bits per heavy atom. The van der Waals surface area contributed by atoms with Crippen LogP contribution in [0.3, 0.4) is 0 Å². The molecule has 1 aromatic rings. The summed E-state index contributed by atoms with van der Waals surface area (Å²) in [6, 6.07) is 0.732. The Morgan fingerprint density at radius 3 is 2.76 bits per heavy atom. The molecule has 94 valence electrons. The minimum atomic E-state index is -2.87. The summed E-state index contributed by atoms with van der Waals surface area (Å²) in [7, 11) is 0. The number of carbonyl (C=O) groups excluding carboxylic acids is 1. The third kappa shape index (κ3) is 3.27. The van der Waals surface area contributed by atoms with Crippen LogP contribution in [0.5, 0.6) is 0 Å². The van der Waals surface area contributed by atoms with Crippen LogP contribution >= 0.6 is 0 Å². The van der Waals surface area contributed by atoms with Crippen molar-refractivity contribution < 1.29 is 18.3 Å². The second-order valence-electron chi connectivity index (χ2n) is 3.26. The molecule has 0 saturated heterocycles. The van der Waals surface area contributed by atoms with Crippen molar-refractivity contribution in [2.45, 2.75) is 19.8 Å². The van der Waals surface area contributed by atoms with Crippen LogP contribution in [0.1, 0.15) is 24.5 Å². The van der Waals surface area contributed by atoms with E-state index in [1.165, 1.54) is 0 Å². The minimum absolute atomic E-state index is 0.0990. The first-order valence-electron chi connectivity index (χ1n) is 4.91. The van der Waals surface area contributed by atoms with Crippen LogP contribution in [-0.4, -0.2) is 17.6 Å². The van der Waals surface area contributed by atoms with Gasteiger partial charge in [0.25, 0.3) is 6.43 Å². The SMILES string of the molecule is CCOC(=O)Cc1c(C(F)F)cc(=O)[nH]c1N. The number of aromatic nitrogens is 1. The summed E-state index contributed by atoms with van der Waals surface area (Å²) in [5, 5.41) is 0. The first-order valence-corrected chi connectivity index (χ1v) is 4.91. The molecule has 1 rings (SSSR count). The molecular formula is C10H12F2N2O3. The first kappa shape index (κ1) is 13.1. The van der Waals surface area contributed by atoms with E-state index in [0.29, 0.717) is 0 Å². The number of aromatic amines is 1. The standard InChI is InChI=1S/C10H12F2N2O3/c1-2-17-8(16)4-6-5(9(11)12)3-7(15)14-10(6)13/h3,9H,2,4H2,1H3,(H3,13,14,15). The highest BCUT2D eigenvalue weighted by molar-refractivity contribution is 5.75. The maximum atomic E-state index is 12.7. The Bertz CT molecular complexity index is 471. The maximum absolute atomic E-state index is 12.7. The predicted molar refractivity (Wildman–Crippen MR) is 56.8 cm³/mol. The summed E-state index contributed by atoms with van der Waals surface area (Å²) in [4.78, 5) is 24.4. The molecule has 0 radical (unpaired) electrons. The molecule has 0 unspecified atom stereocenters. The quantitative estimate of drug-likeness (QED) is 0.776. The van der Waals surface area contributed by atoms with E-state index in [0.717, 1.165) is 6.07 Å². The third-order valence-electron chi connectivity index (χ3n) is 2.08. The average molecular weight is 246 g/mol. The Labute approximate surface area is 95.6 Å². The van der Waals surface area contributed by atoms with Gasteiger partial charge in [0, 0.05) is 17.2 Å². The molecule has 5 nitrogen and oxygen atoms in total. The zero-order valence-corrected chi connectivity index (χ0v) is 9.13. The number of hydrogen-bond donors (Lipinski definition) is 2. The van der Waals surface area contributed by atoms with Crippen molar-refractivity contribution in [3.05, 3.63) is 27.5 Å². The summed E-state index contributed by atoms with van der Waals surface area (Å²) in [5.41, 5.74) is 4.04. The topological polar surface area (TPSA) is 85.2 Å². The van der Waals surface area contributed by atoms with E-state index in [9.17, 15) is 18.4 Å². The van der Waals surface area contributed by atoms with Gasteiger partial charge in [0.15, 0.2) is 0 Å². The van der Waals surface area contributed by atoms with Crippen LogP contribution < -0.4 is 11.3 Å². The maximum Gasteiger partial charge on any atom is 0.310 e. The monoisotopic (exact) mass is 246 g/mol. The van der Waals surface area contributed by atoms with Crippen molar-refractivity contribution in [1.82, 2.24) is 4.98 Å². The molecule has 0 atom stereocenters. The lowest BCUT2D eigenvalue weighted by Gasteiger charge is -2.10. The van der Waals surface area contributed by atoms with Crippen molar-refractivity contribution in [2.75, 3.05) is 12.3 Å². The minimum Gasteiger partial charge on any atom is -0.466 e. The van der Waals surface area contributed by atoms with Gasteiger partial charge >= 0.3 is 5.97 Å². The Kier molecular flexibility index (Phi) is 4.19. The molecule has 7 heteroatoms. The van der Waals surface area contributed by atoms with Crippen LogP contribution in [0.15, 0.2) is 10.9 Å². The molecule has 0 aromatic carbocycles. The summed E-state index contributed by atoms with van der Waals surface area (Å²) in [6.07, 6.45) is -3.26. The van der Waals surface area contributed by atoms with Gasteiger partial charge in [-0.1, -0.05) is 0 Å². The van der Waals surface area contributed by atoms with Crippen molar-refractivity contribution >= 4 is 11.8 Å². The number of hydrogen-bond acceptors (Lipinski definition) is 4. The normalized spacial score (nSPS) is 10.6. The van der Waals surface area contributed by atoms with Crippen LogP contribution in [-0.2, 0) is 16.0 Å². The fourth-order valence-electron chi connectivity index (χ4n) is 1.38. The van der Waals surface area contributed by atoms with Gasteiger partial charge in [-0.15, -0.1) is 0 Å². The number of nitrogens with one attached hydrogen (secondary N) is 1. The zero-order valence-electron chi connectivity index (χ0n) is 9.13. The summed E-state index contributed by atoms with van der Waals surface area (Å²) in [6.45, 7) is 1.74. The number of H-pyrrole nitrogens is 1. The molecule has 1 aromatic heterocycles. The van der Waals surface area contributed by atoms with Crippen molar-refractivity contribution in [2.24, 2.45) is 0 Å². The summed E-state index contributed by atoms with van der Waals surface area (Å²) < 4.78 is 30.0. The van der Waals surface area contributed by atoms with Gasteiger partial charge in [0.1, 0.15) is 5.82 Å². The van der Waals surface area contributed by atoms with E-state index < -0.39 is 29.9 Å². The van der Waals surface area contributed by atoms with Crippen molar-refractivity contribution in [3.8, 4) is 0 Å². The lowest BCUT2D eigenvalue weighted by Crippen LogP contribution is -2.17. The number of halogens is 2. The summed E-state index contributed by atoms with van der Waals surface area (Å²) >= 11 is 0. The van der Waals surface area contributed by atoms with E-state index in [1.54, 1.807) is 6.92 Å². The van der Waals surface area contributed by atoms with Gasteiger partial charge in [-0.3, -0.25) is 9.59 Å². The Morgan fingerprint density at radius 2 is 2.24 bits per heavy atom. The van der Waals surface area contributed by atoms with E-state index in [-0.39, 0.29) is 18.0 Å². The number of nitrogens with two attached hydrogens (primary N) is 1. The van der Waals surface area contributed by atoms with Crippen LogP contribution in [0.2, 0.25) is 0 Å². The highest BCUT2D eigenvalue weighted by atomic mass is 19.3. The molecule has 3 N–H and O–H groups in total. The number of esters is 1. The van der Waals surface area contributed by atoms with Gasteiger partial charge in [-0.25, -0.2) is 8.78 Å². The highest BCUT2D eigenvalue weighted by Crippen LogP contribution is 2.24. The zero-order chi connectivity index (χ0) is 13.0. The summed E-state index contributed by atoms with van der Waals surface area (Å²) in [5.74, 6) is -0.908. The lowest BCUT2D eigenvalue weighted by atomic mass is 10.1.